The highest BCUT2D eigenvalue weighted by atomic mass is 31.2. The number of hydrogen-bond donors (Lipinski definition) is 5. The minimum atomic E-state index is -4.72. The molecule has 13 heteroatoms. The minimum Gasteiger partial charge on any atom is -0.404 e. The average Bonchev–Trinajstić information content (AvgIpc) is 2.89. The lowest BCUT2D eigenvalue weighted by Crippen LogP contribution is -2.58. The van der Waals surface area contributed by atoms with Crippen molar-refractivity contribution in [2.75, 3.05) is 13.1 Å². The van der Waals surface area contributed by atoms with Gasteiger partial charge >= 0.3 is 7.82 Å². The van der Waals surface area contributed by atoms with E-state index in [1.807, 2.05) is 4.90 Å². The molecule has 0 fully saturated rings. The van der Waals surface area contributed by atoms with Gasteiger partial charge in [0.05, 0.1) is 0 Å². The summed E-state index contributed by atoms with van der Waals surface area (Å²) < 4.78 is 15.6. The number of benzene rings is 1. The average molecular weight is 613 g/mol. The summed E-state index contributed by atoms with van der Waals surface area (Å²) >= 11 is 0. The van der Waals surface area contributed by atoms with Crippen molar-refractivity contribution < 1.29 is 38.1 Å². The molecular weight excluding hydrogens is 563 g/mol. The van der Waals surface area contributed by atoms with E-state index in [1.54, 1.807) is 20.8 Å². The van der Waals surface area contributed by atoms with Gasteiger partial charge in [0.2, 0.25) is 23.6 Å². The molecule has 238 valence electrons. The molecule has 0 aliphatic carbocycles. The molecule has 3 atom stereocenters. The van der Waals surface area contributed by atoms with E-state index >= 15 is 0 Å². The van der Waals surface area contributed by atoms with Gasteiger partial charge in [-0.15, -0.1) is 0 Å². The van der Waals surface area contributed by atoms with E-state index in [2.05, 4.69) is 34.3 Å². The predicted octanol–water partition coefficient (Wildman–Crippen LogP) is 3.06. The maximum atomic E-state index is 13.3. The molecule has 0 radical (unpaired) electrons. The van der Waals surface area contributed by atoms with Gasteiger partial charge in [0.25, 0.3) is 0 Å². The SMILES string of the molecule is CCCCCN(CCCCC)C(=O)[C@@H](C)NC(=O)[C@@H](NC(=O)[C@@H](Cc1ccc(OP(=O)(O)O)cc1)NC(C)=O)C(C)C. The van der Waals surface area contributed by atoms with Crippen LogP contribution in [0.3, 0.4) is 0 Å². The number of unbranched alkanes of at least 4 members (excludes halogenated alkanes) is 4. The molecule has 0 aliphatic heterocycles. The third kappa shape index (κ3) is 14.3. The Kier molecular flexibility index (Phi) is 16.4. The van der Waals surface area contributed by atoms with Crippen LogP contribution in [0.4, 0.5) is 0 Å². The first kappa shape index (κ1) is 37.1. The summed E-state index contributed by atoms with van der Waals surface area (Å²) in [5.41, 5.74) is 0.581. The Balaban J connectivity index is 2.96. The molecule has 0 unspecified atom stereocenters. The van der Waals surface area contributed by atoms with Crippen LogP contribution in [0.1, 0.15) is 85.6 Å². The Morgan fingerprint density at radius 1 is 0.857 bits per heavy atom. The van der Waals surface area contributed by atoms with Crippen LogP contribution >= 0.6 is 7.82 Å². The highest BCUT2D eigenvalue weighted by Gasteiger charge is 2.31. The van der Waals surface area contributed by atoms with Gasteiger partial charge in [-0.2, -0.15) is 0 Å². The maximum absolute atomic E-state index is 13.3. The van der Waals surface area contributed by atoms with Crippen molar-refractivity contribution in [3.63, 3.8) is 0 Å². The largest absolute Gasteiger partial charge is 0.524 e. The van der Waals surface area contributed by atoms with E-state index in [9.17, 15) is 23.7 Å². The molecule has 1 aromatic carbocycles. The second kappa shape index (κ2) is 18.6. The van der Waals surface area contributed by atoms with Crippen LogP contribution < -0.4 is 20.5 Å². The van der Waals surface area contributed by atoms with Gasteiger partial charge in [0, 0.05) is 26.4 Å². The minimum absolute atomic E-state index is 0.0490. The molecule has 1 rings (SSSR count). The molecule has 1 aromatic rings. The Morgan fingerprint density at radius 2 is 1.40 bits per heavy atom. The highest BCUT2D eigenvalue weighted by molar-refractivity contribution is 7.46. The highest BCUT2D eigenvalue weighted by Crippen LogP contribution is 2.37. The Labute approximate surface area is 249 Å². The van der Waals surface area contributed by atoms with Crippen molar-refractivity contribution >= 4 is 31.5 Å². The van der Waals surface area contributed by atoms with Crippen molar-refractivity contribution in [1.82, 2.24) is 20.9 Å². The third-order valence-corrected chi connectivity index (χ3v) is 7.08. The molecule has 42 heavy (non-hydrogen) atoms. The molecule has 0 saturated heterocycles. The topological polar surface area (TPSA) is 174 Å². The molecule has 12 nitrogen and oxygen atoms in total. The predicted molar refractivity (Wildman–Crippen MR) is 160 cm³/mol. The molecule has 5 N–H and O–H groups in total. The number of phosphoric acid groups is 1. The van der Waals surface area contributed by atoms with Crippen molar-refractivity contribution in [2.45, 2.75) is 105 Å². The zero-order chi connectivity index (χ0) is 31.9. The third-order valence-electron chi connectivity index (χ3n) is 6.63. The van der Waals surface area contributed by atoms with Crippen molar-refractivity contribution in [3.05, 3.63) is 29.8 Å². The first-order valence-corrected chi connectivity index (χ1v) is 16.2. The summed E-state index contributed by atoms with van der Waals surface area (Å²) in [5, 5.41) is 8.08. The Bertz CT molecular complexity index is 1050. The molecule has 4 amide bonds. The molecule has 0 aliphatic rings. The monoisotopic (exact) mass is 612 g/mol. The number of nitrogens with zero attached hydrogens (tertiary/aromatic N) is 1. The number of rotatable bonds is 19. The second-order valence-corrected chi connectivity index (χ2v) is 12.0. The van der Waals surface area contributed by atoms with E-state index in [4.69, 9.17) is 9.79 Å². The number of nitrogens with one attached hydrogen (secondary N) is 3. The smallest absolute Gasteiger partial charge is 0.404 e. The van der Waals surface area contributed by atoms with Crippen LogP contribution in [-0.2, 0) is 30.2 Å². The quantitative estimate of drug-likeness (QED) is 0.117. The van der Waals surface area contributed by atoms with E-state index in [0.717, 1.165) is 38.5 Å². The molecule has 0 spiro atoms. The number of carbonyl (C=O) groups excluding carboxylic acids is 4. The fraction of sp³-hybridized carbons (Fsp3) is 0.655. The molecule has 0 aromatic heterocycles. The van der Waals surface area contributed by atoms with Gasteiger partial charge in [-0.1, -0.05) is 65.5 Å². The summed E-state index contributed by atoms with van der Waals surface area (Å²) in [6, 6.07) is 2.94. The lowest BCUT2D eigenvalue weighted by molar-refractivity contribution is -0.137. The van der Waals surface area contributed by atoms with E-state index in [1.165, 1.54) is 31.2 Å². The fourth-order valence-electron chi connectivity index (χ4n) is 4.38. The zero-order valence-corrected chi connectivity index (χ0v) is 26.6. The molecule has 0 bridgehead atoms. The molecule has 0 saturated carbocycles. The standard InChI is InChI=1S/C29H49N4O8P/c1-7-9-11-17-33(18-12-10-8-2)29(37)21(5)30-28(36)26(20(3)4)32-27(35)25(31-22(6)34)19-23-13-15-24(16-14-23)41-42(38,39)40/h13-16,20-21,25-26H,7-12,17-19H2,1-6H3,(H,30,36)(H,31,34)(H,32,35)(H2,38,39,40)/t21-,25-,26+/m1/s1. The lowest BCUT2D eigenvalue weighted by Gasteiger charge is -2.29. The van der Waals surface area contributed by atoms with Crippen molar-refractivity contribution in [1.29, 1.82) is 0 Å². The Hall–Kier alpha value is -2.95. The lowest BCUT2D eigenvalue weighted by atomic mass is 10.0. The van der Waals surface area contributed by atoms with Crippen LogP contribution in [0.15, 0.2) is 24.3 Å². The van der Waals surface area contributed by atoms with Gasteiger partial charge < -0.3 is 25.4 Å². The van der Waals surface area contributed by atoms with E-state index < -0.39 is 43.7 Å². The first-order valence-electron chi connectivity index (χ1n) is 14.7. The van der Waals surface area contributed by atoms with Crippen molar-refractivity contribution in [3.8, 4) is 5.75 Å². The van der Waals surface area contributed by atoms with Crippen LogP contribution in [0, 0.1) is 5.92 Å². The van der Waals surface area contributed by atoms with Gasteiger partial charge in [0.15, 0.2) is 0 Å². The maximum Gasteiger partial charge on any atom is 0.524 e. The van der Waals surface area contributed by atoms with Gasteiger partial charge in [0.1, 0.15) is 23.9 Å². The molecule has 0 heterocycles. The van der Waals surface area contributed by atoms with Crippen LogP contribution in [0.2, 0.25) is 0 Å². The zero-order valence-electron chi connectivity index (χ0n) is 25.7. The van der Waals surface area contributed by atoms with Gasteiger partial charge in [-0.05, 0) is 43.4 Å². The number of carbonyl (C=O) groups is 4. The summed E-state index contributed by atoms with van der Waals surface area (Å²) in [4.78, 5) is 71.4. The number of phosphoric ester groups is 1. The summed E-state index contributed by atoms with van der Waals surface area (Å²) in [6.07, 6.45) is 5.94. The van der Waals surface area contributed by atoms with Gasteiger partial charge in [-0.25, -0.2) is 4.57 Å². The first-order chi connectivity index (χ1) is 19.7. The fourth-order valence-corrected chi connectivity index (χ4v) is 4.78. The van der Waals surface area contributed by atoms with Crippen LogP contribution in [0.5, 0.6) is 5.75 Å². The second-order valence-electron chi connectivity index (χ2n) is 10.9. The summed E-state index contributed by atoms with van der Waals surface area (Å²) in [6.45, 7) is 11.9. The summed E-state index contributed by atoms with van der Waals surface area (Å²) in [5.74, 6) is -2.07. The molecular formula is C29H49N4O8P. The van der Waals surface area contributed by atoms with Crippen molar-refractivity contribution in [2.24, 2.45) is 5.92 Å². The number of hydrogen-bond acceptors (Lipinski definition) is 6. The van der Waals surface area contributed by atoms with Crippen LogP contribution in [0.25, 0.3) is 0 Å². The Morgan fingerprint density at radius 3 is 1.86 bits per heavy atom. The van der Waals surface area contributed by atoms with Gasteiger partial charge in [-0.3, -0.25) is 29.0 Å². The summed E-state index contributed by atoms with van der Waals surface area (Å²) in [7, 11) is -4.72. The normalized spacial score (nSPS) is 13.5. The van der Waals surface area contributed by atoms with E-state index in [0.29, 0.717) is 18.7 Å². The van der Waals surface area contributed by atoms with E-state index in [-0.39, 0.29) is 24.0 Å². The van der Waals surface area contributed by atoms with Crippen LogP contribution in [-0.4, -0.2) is 69.5 Å². The number of amides is 4.